The van der Waals surface area contributed by atoms with Gasteiger partial charge in [0.1, 0.15) is 16.9 Å². The summed E-state index contributed by atoms with van der Waals surface area (Å²) in [5.41, 5.74) is 9.43. The van der Waals surface area contributed by atoms with Gasteiger partial charge >= 0.3 is 12.1 Å². The third kappa shape index (κ3) is 5.60. The van der Waals surface area contributed by atoms with Gasteiger partial charge in [-0.25, -0.2) is 14.6 Å². The molecule has 5 N–H and O–H groups in total. The van der Waals surface area contributed by atoms with E-state index in [4.69, 9.17) is 20.9 Å². The van der Waals surface area contributed by atoms with Crippen molar-refractivity contribution in [2.75, 3.05) is 0 Å². The molecule has 2 aromatic rings. The van der Waals surface area contributed by atoms with Gasteiger partial charge in [-0.2, -0.15) is 0 Å². The minimum Gasteiger partial charge on any atom is -0.444 e. The number of aliphatic imine (C=N–C) groups is 1. The maximum absolute atomic E-state index is 12.6. The Bertz CT molecular complexity index is 925. The number of hydrogen-bond acceptors (Lipinski definition) is 5. The molecule has 0 spiro atoms. The third-order valence-electron chi connectivity index (χ3n) is 3.61. The van der Waals surface area contributed by atoms with E-state index in [0.717, 1.165) is 5.39 Å². The van der Waals surface area contributed by atoms with E-state index in [-0.39, 0.29) is 5.96 Å². The Morgan fingerprint density at radius 3 is 2.32 bits per heavy atom. The van der Waals surface area contributed by atoms with Crippen LogP contribution in [0.15, 0.2) is 41.4 Å². The zero-order valence-electron chi connectivity index (χ0n) is 16.7. The molecule has 0 radical (unpaired) electrons. The van der Waals surface area contributed by atoms with E-state index in [1.165, 1.54) is 0 Å². The minimum atomic E-state index is -1.29. The molecular formula is C20H26N4O4. The van der Waals surface area contributed by atoms with E-state index in [1.807, 2.05) is 6.07 Å². The molecule has 0 saturated heterocycles. The van der Waals surface area contributed by atoms with Gasteiger partial charge in [0, 0.05) is 5.39 Å². The van der Waals surface area contributed by atoms with Crippen molar-refractivity contribution in [3.8, 4) is 5.75 Å². The molecular weight excluding hydrogens is 360 g/mol. The van der Waals surface area contributed by atoms with Crippen LogP contribution in [0.2, 0.25) is 0 Å². The lowest BCUT2D eigenvalue weighted by Gasteiger charge is -2.27. The Labute approximate surface area is 163 Å². The Morgan fingerprint density at radius 2 is 1.71 bits per heavy atom. The Hall–Kier alpha value is -3.29. The monoisotopic (exact) mass is 386 g/mol. The molecule has 0 aliphatic heterocycles. The van der Waals surface area contributed by atoms with Gasteiger partial charge in [-0.3, -0.25) is 0 Å². The lowest BCUT2D eigenvalue weighted by molar-refractivity contribution is -0.140. The highest BCUT2D eigenvalue weighted by molar-refractivity contribution is 5.94. The number of ether oxygens (including phenoxy) is 2. The molecule has 0 bridgehead atoms. The summed E-state index contributed by atoms with van der Waals surface area (Å²) in [7, 11) is 0. The molecule has 0 aliphatic rings. The van der Waals surface area contributed by atoms with Crippen LogP contribution in [0.5, 0.6) is 5.75 Å². The van der Waals surface area contributed by atoms with Gasteiger partial charge in [0.2, 0.25) is 0 Å². The summed E-state index contributed by atoms with van der Waals surface area (Å²) >= 11 is 0. The zero-order valence-corrected chi connectivity index (χ0v) is 16.7. The fraction of sp³-hybridized carbons (Fsp3) is 0.350. The van der Waals surface area contributed by atoms with Gasteiger partial charge in [0.15, 0.2) is 5.96 Å². The van der Waals surface area contributed by atoms with Crippen molar-refractivity contribution >= 4 is 34.5 Å². The minimum absolute atomic E-state index is 0.0445. The SMILES string of the molecule is CC(C)(C)OC(=O)NC(C)(C)C(=O)Oc1cccc2cc(N=C(N)N)ccc12. The number of carbonyl (C=O) groups is 2. The normalized spacial score (nSPS) is 11.6. The Morgan fingerprint density at radius 1 is 1.04 bits per heavy atom. The number of carbonyl (C=O) groups excluding carboxylic acids is 2. The van der Waals surface area contributed by atoms with E-state index in [9.17, 15) is 9.59 Å². The molecule has 8 heteroatoms. The van der Waals surface area contributed by atoms with Crippen LogP contribution in [0.1, 0.15) is 34.6 Å². The standard InChI is InChI=1S/C20H26N4O4/c1-19(2,3)28-18(26)24-20(4,5)16(25)27-15-8-6-7-12-11-13(23-17(21)22)9-10-14(12)15/h6-11H,1-5H3,(H,24,26)(H4,21,22,23). The predicted molar refractivity (Wildman–Crippen MR) is 109 cm³/mol. The fourth-order valence-electron chi connectivity index (χ4n) is 2.39. The van der Waals surface area contributed by atoms with Crippen molar-refractivity contribution < 1.29 is 19.1 Å². The molecule has 0 saturated carbocycles. The number of nitrogens with zero attached hydrogens (tertiary/aromatic N) is 1. The fourth-order valence-corrected chi connectivity index (χ4v) is 2.39. The number of nitrogens with two attached hydrogens (primary N) is 2. The number of hydrogen-bond donors (Lipinski definition) is 3. The van der Waals surface area contributed by atoms with Crippen molar-refractivity contribution in [1.82, 2.24) is 5.32 Å². The lowest BCUT2D eigenvalue weighted by Crippen LogP contribution is -2.52. The Kier molecular flexibility index (Phi) is 5.82. The topological polar surface area (TPSA) is 129 Å². The van der Waals surface area contributed by atoms with E-state index in [1.54, 1.807) is 65.0 Å². The van der Waals surface area contributed by atoms with E-state index < -0.39 is 23.2 Å². The van der Waals surface area contributed by atoms with E-state index in [0.29, 0.717) is 16.8 Å². The number of esters is 1. The second-order valence-corrected chi connectivity index (χ2v) is 7.84. The van der Waals surface area contributed by atoms with Crippen LogP contribution >= 0.6 is 0 Å². The maximum Gasteiger partial charge on any atom is 0.408 e. The summed E-state index contributed by atoms with van der Waals surface area (Å²) in [4.78, 5) is 28.6. The number of fused-ring (bicyclic) bond motifs is 1. The smallest absolute Gasteiger partial charge is 0.408 e. The summed E-state index contributed by atoms with van der Waals surface area (Å²) in [5.74, 6) is -0.311. The van der Waals surface area contributed by atoms with Crippen LogP contribution in [-0.4, -0.2) is 29.2 Å². The number of benzene rings is 2. The second-order valence-electron chi connectivity index (χ2n) is 7.84. The van der Waals surface area contributed by atoms with Crippen LogP contribution in [0, 0.1) is 0 Å². The first-order chi connectivity index (χ1) is 12.9. The summed E-state index contributed by atoms with van der Waals surface area (Å²) < 4.78 is 10.7. The summed E-state index contributed by atoms with van der Waals surface area (Å²) in [5, 5.41) is 4.03. The number of rotatable bonds is 4. The molecule has 0 fully saturated rings. The zero-order chi connectivity index (χ0) is 21.1. The summed E-state index contributed by atoms with van der Waals surface area (Å²) in [6.45, 7) is 8.31. The molecule has 28 heavy (non-hydrogen) atoms. The van der Waals surface area contributed by atoms with Crippen LogP contribution in [0.4, 0.5) is 10.5 Å². The van der Waals surface area contributed by atoms with Gasteiger partial charge < -0.3 is 26.3 Å². The van der Waals surface area contributed by atoms with Crippen LogP contribution in [0.25, 0.3) is 10.8 Å². The molecule has 150 valence electrons. The van der Waals surface area contributed by atoms with Gasteiger partial charge in [-0.1, -0.05) is 12.1 Å². The van der Waals surface area contributed by atoms with Crippen molar-refractivity contribution in [3.05, 3.63) is 36.4 Å². The largest absolute Gasteiger partial charge is 0.444 e. The lowest BCUT2D eigenvalue weighted by atomic mass is 10.1. The molecule has 0 atom stereocenters. The van der Waals surface area contributed by atoms with Crippen molar-refractivity contribution in [2.24, 2.45) is 16.5 Å². The molecule has 1 amide bonds. The molecule has 8 nitrogen and oxygen atoms in total. The number of guanidine groups is 1. The first kappa shape index (κ1) is 21.0. The highest BCUT2D eigenvalue weighted by Crippen LogP contribution is 2.29. The quantitative estimate of drug-likeness (QED) is 0.321. The highest BCUT2D eigenvalue weighted by Gasteiger charge is 2.33. The third-order valence-corrected chi connectivity index (χ3v) is 3.61. The summed E-state index contributed by atoms with van der Waals surface area (Å²) in [6.07, 6.45) is -0.700. The maximum atomic E-state index is 12.6. The van der Waals surface area contributed by atoms with Crippen LogP contribution in [-0.2, 0) is 9.53 Å². The average molecular weight is 386 g/mol. The first-order valence-corrected chi connectivity index (χ1v) is 8.73. The van der Waals surface area contributed by atoms with Crippen molar-refractivity contribution in [2.45, 2.75) is 45.8 Å². The van der Waals surface area contributed by atoms with Crippen molar-refractivity contribution in [3.63, 3.8) is 0 Å². The van der Waals surface area contributed by atoms with Gasteiger partial charge in [0.25, 0.3) is 0 Å². The molecule has 0 aliphatic carbocycles. The first-order valence-electron chi connectivity index (χ1n) is 8.73. The number of nitrogens with one attached hydrogen (secondary N) is 1. The van der Waals surface area contributed by atoms with Crippen molar-refractivity contribution in [1.29, 1.82) is 0 Å². The highest BCUT2D eigenvalue weighted by atomic mass is 16.6. The second kappa shape index (κ2) is 7.75. The molecule has 0 heterocycles. The summed E-state index contributed by atoms with van der Waals surface area (Å²) in [6, 6.07) is 10.5. The van der Waals surface area contributed by atoms with Gasteiger partial charge in [-0.15, -0.1) is 0 Å². The van der Waals surface area contributed by atoms with Crippen LogP contribution in [0.3, 0.4) is 0 Å². The van der Waals surface area contributed by atoms with E-state index >= 15 is 0 Å². The molecule has 2 rings (SSSR count). The molecule has 2 aromatic carbocycles. The van der Waals surface area contributed by atoms with Gasteiger partial charge in [-0.05, 0) is 64.3 Å². The molecule has 0 aromatic heterocycles. The molecule has 0 unspecified atom stereocenters. The number of alkyl carbamates (subject to hydrolysis) is 1. The van der Waals surface area contributed by atoms with E-state index in [2.05, 4.69) is 10.3 Å². The number of amides is 1. The van der Waals surface area contributed by atoms with Crippen LogP contribution < -0.4 is 21.5 Å². The van der Waals surface area contributed by atoms with Gasteiger partial charge in [0.05, 0.1) is 5.69 Å². The average Bonchev–Trinajstić information content (AvgIpc) is 2.51. The predicted octanol–water partition coefficient (Wildman–Crippen LogP) is 2.95. The Balaban J connectivity index is 2.22.